The number of hydrogen-bond acceptors (Lipinski definition) is 6. The summed E-state index contributed by atoms with van der Waals surface area (Å²) >= 11 is 3.54. The van der Waals surface area contributed by atoms with Gasteiger partial charge in [-0.15, -0.1) is 0 Å². The zero-order valence-corrected chi connectivity index (χ0v) is 38.3. The summed E-state index contributed by atoms with van der Waals surface area (Å²) in [5, 5.41) is 8.67. The monoisotopic (exact) mass is 908 g/mol. The first-order chi connectivity index (χ1) is 33.7. The van der Waals surface area contributed by atoms with E-state index < -0.39 is 0 Å². The Balaban J connectivity index is 0.842. The molecule has 0 bridgehead atoms. The number of hydrogen-bond donors (Lipinski definition) is 0. The lowest BCUT2D eigenvalue weighted by Gasteiger charge is -2.26. The first-order valence-electron chi connectivity index (χ1n) is 22.7. The van der Waals surface area contributed by atoms with Gasteiger partial charge in [0.15, 0.2) is 0 Å². The second kappa shape index (κ2) is 16.9. The van der Waals surface area contributed by atoms with E-state index in [-0.39, 0.29) is 0 Å². The highest BCUT2D eigenvalue weighted by Gasteiger charge is 2.20. The third kappa shape index (κ3) is 7.31. The van der Waals surface area contributed by atoms with Crippen LogP contribution in [-0.4, -0.2) is 0 Å². The Labute approximate surface area is 401 Å². The molecule has 6 heteroatoms. The Morgan fingerprint density at radius 1 is 0.250 bits per heavy atom. The largest absolute Gasteiger partial charge is 0.455 e. The molecule has 0 atom stereocenters. The van der Waals surface area contributed by atoms with Gasteiger partial charge in [-0.3, -0.25) is 0 Å². The van der Waals surface area contributed by atoms with Crippen molar-refractivity contribution in [3.63, 3.8) is 0 Å². The fourth-order valence-corrected chi connectivity index (χ4v) is 11.2. The van der Waals surface area contributed by atoms with E-state index in [0.717, 1.165) is 99.5 Å². The van der Waals surface area contributed by atoms with Crippen LogP contribution in [0.1, 0.15) is 0 Å². The number of rotatable bonds is 10. The van der Waals surface area contributed by atoms with Gasteiger partial charge in [0.1, 0.15) is 22.3 Å². The van der Waals surface area contributed by atoms with Gasteiger partial charge >= 0.3 is 0 Å². The Hall–Kier alpha value is -8.16. The van der Waals surface area contributed by atoms with Crippen LogP contribution >= 0.6 is 23.5 Å². The molecule has 13 aromatic rings. The molecule has 0 radical (unpaired) electrons. The summed E-state index contributed by atoms with van der Waals surface area (Å²) in [4.78, 5) is 9.47. The SMILES string of the molecule is c1ccc(Sc2ccc(N(c3ccccc3)c3ccc4c(ccc5c6cc7c(cc6oc45)oc4c5ccc(N(c6ccccc6)c6ccc(Sc8ccccc8)cc6)cc5ccc74)c3)cc2)cc1. The number of benzene rings is 11. The standard InChI is InChI=1S/C62H40N2O2S2/c1-5-13-43(14-6-1)63(45-23-29-51(30-24-45)67-49-17-9-3-10-18-49)47-27-35-53-41(37-47)21-33-55-57-39-58-56-34-22-42-38-48(28-36-54(42)62(56)66-60(58)40-59(57)65-61(53)55)64(44-15-7-2-8-16-44)46-25-31-52(32-26-46)68-50-19-11-4-12-20-50/h1-40H. The van der Waals surface area contributed by atoms with Gasteiger partial charge in [0.2, 0.25) is 0 Å². The average Bonchev–Trinajstić information content (AvgIpc) is 3.95. The van der Waals surface area contributed by atoms with Gasteiger partial charge in [0.05, 0.1) is 0 Å². The van der Waals surface area contributed by atoms with Crippen molar-refractivity contribution in [3.8, 4) is 0 Å². The van der Waals surface area contributed by atoms with Crippen LogP contribution in [0, 0.1) is 0 Å². The molecule has 0 unspecified atom stereocenters. The molecular formula is C62H40N2O2S2. The van der Waals surface area contributed by atoms with Crippen molar-refractivity contribution in [3.05, 3.63) is 243 Å². The van der Waals surface area contributed by atoms with E-state index in [1.807, 2.05) is 0 Å². The number of furan rings is 2. The lowest BCUT2D eigenvalue weighted by atomic mass is 10.0. The van der Waals surface area contributed by atoms with Crippen molar-refractivity contribution >= 4 is 123 Å². The summed E-state index contributed by atoms with van der Waals surface area (Å²) in [5.74, 6) is 0. The van der Waals surface area contributed by atoms with Crippen molar-refractivity contribution in [1.82, 2.24) is 0 Å². The van der Waals surface area contributed by atoms with Gasteiger partial charge in [0.25, 0.3) is 0 Å². The van der Waals surface area contributed by atoms with E-state index in [1.165, 1.54) is 19.6 Å². The number of nitrogens with zero attached hydrogens (tertiary/aromatic N) is 2. The molecule has 2 heterocycles. The van der Waals surface area contributed by atoms with Crippen LogP contribution in [0.3, 0.4) is 0 Å². The quantitative estimate of drug-likeness (QED) is 0.136. The fourth-order valence-electron chi connectivity index (χ4n) is 9.49. The van der Waals surface area contributed by atoms with Gasteiger partial charge in [0, 0.05) is 92.1 Å². The molecule has 322 valence electrons. The van der Waals surface area contributed by atoms with Crippen LogP contribution in [0.4, 0.5) is 34.1 Å². The second-order valence-corrected chi connectivity index (χ2v) is 19.2. The summed E-state index contributed by atoms with van der Waals surface area (Å²) in [6.07, 6.45) is 0. The molecule has 0 spiro atoms. The van der Waals surface area contributed by atoms with Crippen LogP contribution in [0.15, 0.2) is 271 Å². The van der Waals surface area contributed by atoms with Crippen LogP contribution < -0.4 is 9.80 Å². The van der Waals surface area contributed by atoms with Crippen LogP contribution in [-0.2, 0) is 0 Å². The van der Waals surface area contributed by atoms with Crippen molar-refractivity contribution in [1.29, 1.82) is 0 Å². The minimum atomic E-state index is 0.806. The summed E-state index contributed by atoms with van der Waals surface area (Å²) in [7, 11) is 0. The maximum atomic E-state index is 6.77. The van der Waals surface area contributed by atoms with Gasteiger partial charge in [-0.1, -0.05) is 108 Å². The highest BCUT2D eigenvalue weighted by Crippen LogP contribution is 2.44. The molecule has 11 aromatic carbocycles. The molecule has 2 aromatic heterocycles. The smallest absolute Gasteiger partial charge is 0.143 e. The molecule has 0 aliphatic heterocycles. The van der Waals surface area contributed by atoms with Crippen molar-refractivity contribution in [2.75, 3.05) is 9.80 Å². The van der Waals surface area contributed by atoms with E-state index in [0.29, 0.717) is 0 Å². The normalized spacial score (nSPS) is 11.6. The first kappa shape index (κ1) is 40.1. The highest BCUT2D eigenvalue weighted by atomic mass is 32.2. The molecule has 0 N–H and O–H groups in total. The molecule has 13 rings (SSSR count). The molecular weight excluding hydrogens is 869 g/mol. The lowest BCUT2D eigenvalue weighted by molar-refractivity contribution is 0.660. The molecule has 0 aliphatic carbocycles. The summed E-state index contributed by atoms with van der Waals surface area (Å²) in [6, 6.07) is 86.2. The lowest BCUT2D eigenvalue weighted by Crippen LogP contribution is -2.09. The van der Waals surface area contributed by atoms with Crippen molar-refractivity contribution in [2.24, 2.45) is 0 Å². The molecule has 68 heavy (non-hydrogen) atoms. The molecule has 0 saturated heterocycles. The Morgan fingerprint density at radius 3 is 1.00 bits per heavy atom. The Bertz CT molecular complexity index is 3690. The third-order valence-electron chi connectivity index (χ3n) is 12.7. The van der Waals surface area contributed by atoms with Gasteiger partial charge in [-0.05, 0) is 162 Å². The number of anilines is 6. The van der Waals surface area contributed by atoms with Crippen LogP contribution in [0.25, 0.3) is 65.4 Å². The number of fused-ring (bicyclic) bond motifs is 10. The summed E-state index contributed by atoms with van der Waals surface area (Å²) in [6.45, 7) is 0. The van der Waals surface area contributed by atoms with E-state index in [2.05, 4.69) is 252 Å². The zero-order valence-electron chi connectivity index (χ0n) is 36.6. The van der Waals surface area contributed by atoms with Crippen LogP contribution in [0.2, 0.25) is 0 Å². The maximum Gasteiger partial charge on any atom is 0.143 e. The van der Waals surface area contributed by atoms with Crippen LogP contribution in [0.5, 0.6) is 0 Å². The zero-order chi connectivity index (χ0) is 45.0. The van der Waals surface area contributed by atoms with Gasteiger partial charge < -0.3 is 18.6 Å². The topological polar surface area (TPSA) is 32.8 Å². The number of para-hydroxylation sites is 2. The maximum absolute atomic E-state index is 6.77. The third-order valence-corrected chi connectivity index (χ3v) is 14.7. The average molecular weight is 909 g/mol. The van der Waals surface area contributed by atoms with E-state index in [1.54, 1.807) is 23.5 Å². The summed E-state index contributed by atoms with van der Waals surface area (Å²) < 4.78 is 13.5. The van der Waals surface area contributed by atoms with Crippen molar-refractivity contribution < 1.29 is 8.83 Å². The van der Waals surface area contributed by atoms with E-state index >= 15 is 0 Å². The van der Waals surface area contributed by atoms with Crippen molar-refractivity contribution in [2.45, 2.75) is 19.6 Å². The minimum Gasteiger partial charge on any atom is -0.455 e. The molecule has 0 saturated carbocycles. The molecule has 0 fully saturated rings. The minimum absolute atomic E-state index is 0.806. The molecule has 0 amide bonds. The summed E-state index contributed by atoms with van der Waals surface area (Å²) in [5.41, 5.74) is 9.89. The van der Waals surface area contributed by atoms with E-state index in [4.69, 9.17) is 8.83 Å². The second-order valence-electron chi connectivity index (χ2n) is 16.9. The van der Waals surface area contributed by atoms with Gasteiger partial charge in [-0.2, -0.15) is 0 Å². The van der Waals surface area contributed by atoms with E-state index in [9.17, 15) is 0 Å². The highest BCUT2D eigenvalue weighted by molar-refractivity contribution is 7.99. The predicted molar refractivity (Wildman–Crippen MR) is 287 cm³/mol. The fraction of sp³-hybridized carbons (Fsp3) is 0. The predicted octanol–water partition coefficient (Wildman–Crippen LogP) is 19.0. The molecule has 0 aliphatic rings. The van der Waals surface area contributed by atoms with Gasteiger partial charge in [-0.25, -0.2) is 0 Å². The Kier molecular flexibility index (Phi) is 9.99. The molecule has 4 nitrogen and oxygen atoms in total. The first-order valence-corrected chi connectivity index (χ1v) is 24.3. The Morgan fingerprint density at radius 2 is 0.588 bits per heavy atom.